The Morgan fingerprint density at radius 1 is 1.25 bits per heavy atom. The van der Waals surface area contributed by atoms with Gasteiger partial charge in [-0.2, -0.15) is 0 Å². The Kier molecular flexibility index (Phi) is 6.96. The lowest BCUT2D eigenvalue weighted by Gasteiger charge is -2.42. The van der Waals surface area contributed by atoms with Gasteiger partial charge < -0.3 is 10.1 Å². The second-order valence-electron chi connectivity index (χ2n) is 5.91. The van der Waals surface area contributed by atoms with Crippen LogP contribution in [0.4, 0.5) is 0 Å². The van der Waals surface area contributed by atoms with E-state index in [0.29, 0.717) is 13.1 Å². The number of morpholine rings is 1. The Morgan fingerprint density at radius 3 is 2.38 bits per heavy atom. The lowest BCUT2D eigenvalue weighted by atomic mass is 10.2. The molecule has 1 heterocycles. The molecule has 0 aromatic heterocycles. The van der Waals surface area contributed by atoms with E-state index in [1.165, 1.54) is 6.08 Å². The molecule has 1 aliphatic heterocycles. The highest BCUT2D eigenvalue weighted by molar-refractivity contribution is 6.68. The van der Waals surface area contributed by atoms with Crippen molar-refractivity contribution < 1.29 is 9.53 Å². The van der Waals surface area contributed by atoms with Crippen molar-refractivity contribution in [1.82, 2.24) is 10.2 Å². The zero-order chi connectivity index (χ0) is 17.7. The Hall–Kier alpha value is -0.780. The SMILES string of the molecule is C[C@@H]1CN([C@@H](NC(=O)/C=C/c2ccccc2)C(Cl)(Cl)Cl)C[C@@H](C)O1. The Labute approximate surface area is 157 Å². The van der Waals surface area contributed by atoms with Crippen molar-refractivity contribution in [2.75, 3.05) is 13.1 Å². The molecule has 1 saturated heterocycles. The maximum atomic E-state index is 12.2. The van der Waals surface area contributed by atoms with E-state index in [1.54, 1.807) is 6.08 Å². The van der Waals surface area contributed by atoms with E-state index in [0.717, 1.165) is 5.56 Å². The monoisotopic (exact) mass is 390 g/mol. The van der Waals surface area contributed by atoms with Gasteiger partial charge in [-0.05, 0) is 25.5 Å². The van der Waals surface area contributed by atoms with E-state index in [9.17, 15) is 4.79 Å². The summed E-state index contributed by atoms with van der Waals surface area (Å²) in [5.74, 6) is -0.318. The second kappa shape index (κ2) is 8.54. The summed E-state index contributed by atoms with van der Waals surface area (Å²) >= 11 is 18.3. The first-order chi connectivity index (χ1) is 11.3. The number of alkyl halides is 3. The molecule has 1 fully saturated rings. The molecule has 4 nitrogen and oxygen atoms in total. The number of benzene rings is 1. The molecular formula is C17H21Cl3N2O2. The number of carbonyl (C=O) groups is 1. The zero-order valence-electron chi connectivity index (χ0n) is 13.6. The first-order valence-corrected chi connectivity index (χ1v) is 8.89. The van der Waals surface area contributed by atoms with Gasteiger partial charge in [-0.1, -0.05) is 65.1 Å². The lowest BCUT2D eigenvalue weighted by Crippen LogP contribution is -2.60. The van der Waals surface area contributed by atoms with E-state index >= 15 is 0 Å². The van der Waals surface area contributed by atoms with Gasteiger partial charge in [0.1, 0.15) is 6.17 Å². The third kappa shape index (κ3) is 5.94. The number of carbonyl (C=O) groups excluding carboxylic acids is 1. The molecule has 1 N–H and O–H groups in total. The summed E-state index contributed by atoms with van der Waals surface area (Å²) in [7, 11) is 0. The van der Waals surface area contributed by atoms with E-state index < -0.39 is 9.96 Å². The Morgan fingerprint density at radius 2 is 1.83 bits per heavy atom. The van der Waals surface area contributed by atoms with Gasteiger partial charge in [0.2, 0.25) is 9.70 Å². The first kappa shape index (κ1) is 19.5. The fourth-order valence-corrected chi connectivity index (χ4v) is 3.31. The smallest absolute Gasteiger partial charge is 0.245 e. The molecule has 0 unspecified atom stereocenters. The first-order valence-electron chi connectivity index (χ1n) is 7.75. The molecule has 0 radical (unpaired) electrons. The molecule has 1 aromatic rings. The second-order valence-corrected chi connectivity index (χ2v) is 8.28. The molecular weight excluding hydrogens is 371 g/mol. The van der Waals surface area contributed by atoms with Crippen LogP contribution in [0.25, 0.3) is 6.08 Å². The summed E-state index contributed by atoms with van der Waals surface area (Å²) in [6, 6.07) is 9.52. The highest BCUT2D eigenvalue weighted by atomic mass is 35.6. The predicted octanol–water partition coefficient (Wildman–Crippen LogP) is 3.62. The van der Waals surface area contributed by atoms with Crippen LogP contribution >= 0.6 is 34.8 Å². The predicted molar refractivity (Wildman–Crippen MR) is 99.3 cm³/mol. The summed E-state index contributed by atoms with van der Waals surface area (Å²) in [5, 5.41) is 2.79. The van der Waals surface area contributed by atoms with E-state index in [-0.39, 0.29) is 18.1 Å². The minimum Gasteiger partial charge on any atom is -0.373 e. The maximum Gasteiger partial charge on any atom is 0.245 e. The summed E-state index contributed by atoms with van der Waals surface area (Å²) in [4.78, 5) is 14.2. The van der Waals surface area contributed by atoms with Crippen molar-refractivity contribution in [3.05, 3.63) is 42.0 Å². The molecule has 24 heavy (non-hydrogen) atoms. The molecule has 132 valence electrons. The normalized spacial score (nSPS) is 24.0. The van der Waals surface area contributed by atoms with E-state index in [1.807, 2.05) is 49.1 Å². The number of amides is 1. The van der Waals surface area contributed by atoms with Crippen LogP contribution in [0.1, 0.15) is 19.4 Å². The molecule has 3 atom stereocenters. The van der Waals surface area contributed by atoms with Crippen LogP contribution in [0.15, 0.2) is 36.4 Å². The molecule has 0 saturated carbocycles. The number of hydrogen-bond donors (Lipinski definition) is 1. The van der Waals surface area contributed by atoms with Crippen molar-refractivity contribution >= 4 is 46.8 Å². The molecule has 0 spiro atoms. The highest BCUT2D eigenvalue weighted by Crippen LogP contribution is 2.33. The van der Waals surface area contributed by atoms with Gasteiger partial charge in [-0.25, -0.2) is 0 Å². The summed E-state index contributed by atoms with van der Waals surface area (Å²) < 4.78 is 4.05. The van der Waals surface area contributed by atoms with Crippen LogP contribution in [-0.2, 0) is 9.53 Å². The van der Waals surface area contributed by atoms with Gasteiger partial charge in [0.25, 0.3) is 0 Å². The molecule has 0 aliphatic carbocycles. The average molecular weight is 392 g/mol. The Balaban J connectivity index is 2.06. The molecule has 2 rings (SSSR count). The van der Waals surface area contributed by atoms with Crippen LogP contribution in [0.3, 0.4) is 0 Å². The number of rotatable bonds is 4. The highest BCUT2D eigenvalue weighted by Gasteiger charge is 2.40. The van der Waals surface area contributed by atoms with Gasteiger partial charge in [0, 0.05) is 19.2 Å². The van der Waals surface area contributed by atoms with Gasteiger partial charge in [-0.3, -0.25) is 9.69 Å². The quantitative estimate of drug-likeness (QED) is 0.629. The molecule has 0 bridgehead atoms. The van der Waals surface area contributed by atoms with Crippen molar-refractivity contribution in [3.8, 4) is 0 Å². The van der Waals surface area contributed by atoms with Gasteiger partial charge in [0.05, 0.1) is 12.2 Å². The van der Waals surface area contributed by atoms with Gasteiger partial charge in [0.15, 0.2) is 0 Å². The topological polar surface area (TPSA) is 41.6 Å². The third-order valence-corrected chi connectivity index (χ3v) is 4.25. The van der Waals surface area contributed by atoms with Crippen molar-refractivity contribution in [3.63, 3.8) is 0 Å². The minimum atomic E-state index is -1.65. The largest absolute Gasteiger partial charge is 0.373 e. The maximum absolute atomic E-state index is 12.2. The van der Waals surface area contributed by atoms with Crippen molar-refractivity contribution in [2.24, 2.45) is 0 Å². The summed E-state index contributed by atoms with van der Waals surface area (Å²) in [6.07, 6.45) is 2.42. The van der Waals surface area contributed by atoms with Crippen molar-refractivity contribution in [2.45, 2.75) is 36.0 Å². The lowest BCUT2D eigenvalue weighted by molar-refractivity contribution is -0.121. The fourth-order valence-electron chi connectivity index (χ4n) is 2.73. The number of hydrogen-bond acceptors (Lipinski definition) is 3. The zero-order valence-corrected chi connectivity index (χ0v) is 15.9. The number of halogens is 3. The molecule has 7 heteroatoms. The van der Waals surface area contributed by atoms with Gasteiger partial charge in [-0.15, -0.1) is 0 Å². The molecule has 1 amide bonds. The van der Waals surface area contributed by atoms with E-state index in [2.05, 4.69) is 5.32 Å². The van der Waals surface area contributed by atoms with Crippen LogP contribution < -0.4 is 5.32 Å². The summed E-state index contributed by atoms with van der Waals surface area (Å²) in [5.41, 5.74) is 0.923. The fraction of sp³-hybridized carbons (Fsp3) is 0.471. The van der Waals surface area contributed by atoms with Crippen LogP contribution in [0, 0.1) is 0 Å². The number of ether oxygens (including phenoxy) is 1. The van der Waals surface area contributed by atoms with E-state index in [4.69, 9.17) is 39.5 Å². The number of nitrogens with zero attached hydrogens (tertiary/aromatic N) is 1. The third-order valence-electron chi connectivity index (χ3n) is 3.63. The average Bonchev–Trinajstić information content (AvgIpc) is 2.49. The Bertz CT molecular complexity index is 565. The van der Waals surface area contributed by atoms with Gasteiger partial charge >= 0.3 is 0 Å². The van der Waals surface area contributed by atoms with Crippen LogP contribution in [0.2, 0.25) is 0 Å². The van der Waals surface area contributed by atoms with Crippen molar-refractivity contribution in [1.29, 1.82) is 0 Å². The minimum absolute atomic E-state index is 0.000336. The number of nitrogens with one attached hydrogen (secondary N) is 1. The standard InChI is InChI=1S/C17H21Cl3N2O2/c1-12-10-22(11-13(2)24-12)16(17(18,19)20)21-15(23)9-8-14-6-4-3-5-7-14/h3-9,12-13,16H,10-11H2,1-2H3,(H,21,23)/b9-8+/t12-,13-,16-/m1/s1. The summed E-state index contributed by atoms with van der Waals surface area (Å²) in [6.45, 7) is 5.06. The van der Waals surface area contributed by atoms with Crippen LogP contribution in [0.5, 0.6) is 0 Å². The van der Waals surface area contributed by atoms with Crippen LogP contribution in [-0.4, -0.2) is 46.1 Å². The molecule has 1 aliphatic rings. The molecule has 1 aromatic carbocycles.